The van der Waals surface area contributed by atoms with E-state index in [0.29, 0.717) is 19.6 Å². The first-order valence-corrected chi connectivity index (χ1v) is 6.19. The molecule has 3 rings (SSSR count). The molecule has 0 bridgehead atoms. The van der Waals surface area contributed by atoms with Gasteiger partial charge in [0.2, 0.25) is 0 Å². The fourth-order valence-corrected chi connectivity index (χ4v) is 2.04. The zero-order valence-electron chi connectivity index (χ0n) is 10.5. The Balaban J connectivity index is 1.70. The molecule has 0 radical (unpaired) electrons. The molecule has 0 atom stereocenters. The summed E-state index contributed by atoms with van der Waals surface area (Å²) in [5, 5.41) is 0. The van der Waals surface area contributed by atoms with E-state index < -0.39 is 0 Å². The van der Waals surface area contributed by atoms with Crippen molar-refractivity contribution in [1.82, 2.24) is 4.90 Å². The maximum atomic E-state index is 5.40. The predicted octanol–water partition coefficient (Wildman–Crippen LogP) is 3.67. The molecule has 3 aromatic rings. The first-order valence-electron chi connectivity index (χ1n) is 6.19. The Bertz CT molecular complexity index is 481. The van der Waals surface area contributed by atoms with Gasteiger partial charge in [-0.2, -0.15) is 0 Å². The summed E-state index contributed by atoms with van der Waals surface area (Å²) in [6.45, 7) is 2.15. The molecule has 0 spiro atoms. The second kappa shape index (κ2) is 5.63. The van der Waals surface area contributed by atoms with E-state index in [1.54, 1.807) is 18.8 Å². The molecule has 0 unspecified atom stereocenters. The van der Waals surface area contributed by atoms with Crippen LogP contribution >= 0.6 is 0 Å². The summed E-state index contributed by atoms with van der Waals surface area (Å²) in [6.07, 6.45) is 5.06. The molecule has 3 aromatic heterocycles. The number of furan rings is 3. The molecule has 0 amide bonds. The van der Waals surface area contributed by atoms with Gasteiger partial charge in [0.1, 0.15) is 17.3 Å². The van der Waals surface area contributed by atoms with Gasteiger partial charge in [-0.3, -0.25) is 4.90 Å². The maximum Gasteiger partial charge on any atom is 0.117 e. The van der Waals surface area contributed by atoms with E-state index in [-0.39, 0.29) is 0 Å². The van der Waals surface area contributed by atoms with Gasteiger partial charge in [-0.15, -0.1) is 0 Å². The molecule has 0 aliphatic rings. The van der Waals surface area contributed by atoms with Crippen LogP contribution in [0.2, 0.25) is 0 Å². The lowest BCUT2D eigenvalue weighted by Crippen LogP contribution is -2.21. The van der Waals surface area contributed by atoms with Gasteiger partial charge in [-0.25, -0.2) is 0 Å². The first-order chi connectivity index (χ1) is 9.40. The van der Waals surface area contributed by atoms with Crippen LogP contribution in [-0.2, 0) is 19.6 Å². The summed E-state index contributed by atoms with van der Waals surface area (Å²) in [5.41, 5.74) is 0. The molecule has 4 nitrogen and oxygen atoms in total. The van der Waals surface area contributed by atoms with Crippen molar-refractivity contribution in [3.05, 3.63) is 72.5 Å². The van der Waals surface area contributed by atoms with E-state index >= 15 is 0 Å². The quantitative estimate of drug-likeness (QED) is 0.675. The molecule has 4 heteroatoms. The Kier molecular flexibility index (Phi) is 3.51. The van der Waals surface area contributed by atoms with E-state index in [9.17, 15) is 0 Å². The number of rotatable bonds is 6. The zero-order chi connectivity index (χ0) is 12.9. The molecule has 98 valence electrons. The molecule has 0 N–H and O–H groups in total. The topological polar surface area (TPSA) is 42.7 Å². The molecule has 3 heterocycles. The normalized spacial score (nSPS) is 11.2. The van der Waals surface area contributed by atoms with Gasteiger partial charge in [0, 0.05) is 0 Å². The van der Waals surface area contributed by atoms with Crippen LogP contribution in [0.15, 0.2) is 68.4 Å². The number of hydrogen-bond acceptors (Lipinski definition) is 4. The fraction of sp³-hybridized carbons (Fsp3) is 0.200. The third-order valence-corrected chi connectivity index (χ3v) is 2.88. The number of nitrogens with zero attached hydrogens (tertiary/aromatic N) is 1. The van der Waals surface area contributed by atoms with Crippen molar-refractivity contribution in [3.8, 4) is 0 Å². The van der Waals surface area contributed by atoms with Crippen molar-refractivity contribution in [2.24, 2.45) is 0 Å². The lowest BCUT2D eigenvalue weighted by molar-refractivity contribution is 0.194. The molecular formula is C15H15NO3. The second-order valence-electron chi connectivity index (χ2n) is 4.38. The molecule has 0 aliphatic heterocycles. The van der Waals surface area contributed by atoms with E-state index in [0.717, 1.165) is 17.3 Å². The van der Waals surface area contributed by atoms with Crippen LogP contribution in [0.1, 0.15) is 17.3 Å². The molecule has 0 saturated heterocycles. The van der Waals surface area contributed by atoms with Crippen LogP contribution in [0, 0.1) is 0 Å². The minimum Gasteiger partial charge on any atom is -0.468 e. The van der Waals surface area contributed by atoms with Crippen LogP contribution < -0.4 is 0 Å². The minimum atomic E-state index is 0.717. The lowest BCUT2D eigenvalue weighted by atomic mass is 10.3. The highest BCUT2D eigenvalue weighted by Gasteiger charge is 2.12. The summed E-state index contributed by atoms with van der Waals surface area (Å²) < 4.78 is 16.2. The molecule has 0 aromatic carbocycles. The smallest absolute Gasteiger partial charge is 0.117 e. The molecule has 19 heavy (non-hydrogen) atoms. The zero-order valence-corrected chi connectivity index (χ0v) is 10.5. The molecular weight excluding hydrogens is 242 g/mol. The largest absolute Gasteiger partial charge is 0.468 e. The predicted molar refractivity (Wildman–Crippen MR) is 69.1 cm³/mol. The Morgan fingerprint density at radius 1 is 0.632 bits per heavy atom. The monoisotopic (exact) mass is 257 g/mol. The SMILES string of the molecule is c1coc(CN(Cc2ccco2)Cc2ccco2)c1. The fourth-order valence-electron chi connectivity index (χ4n) is 2.04. The van der Waals surface area contributed by atoms with Crippen LogP contribution in [0.5, 0.6) is 0 Å². The number of hydrogen-bond donors (Lipinski definition) is 0. The third kappa shape index (κ3) is 3.17. The molecule has 0 saturated carbocycles. The van der Waals surface area contributed by atoms with Crippen molar-refractivity contribution in [2.75, 3.05) is 0 Å². The Labute approximate surface area is 111 Å². The van der Waals surface area contributed by atoms with E-state index in [4.69, 9.17) is 13.3 Å². The minimum absolute atomic E-state index is 0.717. The van der Waals surface area contributed by atoms with Gasteiger partial charge in [0.15, 0.2) is 0 Å². The molecule has 0 fully saturated rings. The Morgan fingerprint density at radius 2 is 1.00 bits per heavy atom. The second-order valence-corrected chi connectivity index (χ2v) is 4.38. The first kappa shape index (κ1) is 11.9. The van der Waals surface area contributed by atoms with E-state index in [1.807, 2.05) is 36.4 Å². The summed E-state index contributed by atoms with van der Waals surface area (Å²) in [5.74, 6) is 2.79. The van der Waals surface area contributed by atoms with Gasteiger partial charge in [-0.05, 0) is 36.4 Å². The van der Waals surface area contributed by atoms with Crippen molar-refractivity contribution >= 4 is 0 Å². The highest BCUT2D eigenvalue weighted by Crippen LogP contribution is 2.14. The summed E-state index contributed by atoms with van der Waals surface area (Å²) in [4.78, 5) is 2.20. The Hall–Kier alpha value is -2.20. The van der Waals surface area contributed by atoms with E-state index in [2.05, 4.69) is 4.90 Å². The molecule has 0 aliphatic carbocycles. The third-order valence-electron chi connectivity index (χ3n) is 2.88. The van der Waals surface area contributed by atoms with Crippen molar-refractivity contribution in [3.63, 3.8) is 0 Å². The van der Waals surface area contributed by atoms with Gasteiger partial charge in [0.05, 0.1) is 38.4 Å². The van der Waals surface area contributed by atoms with Crippen LogP contribution in [0.4, 0.5) is 0 Å². The van der Waals surface area contributed by atoms with Crippen LogP contribution in [-0.4, -0.2) is 4.90 Å². The average Bonchev–Trinajstić information content (AvgIpc) is 3.10. The average molecular weight is 257 g/mol. The van der Waals surface area contributed by atoms with Gasteiger partial charge in [-0.1, -0.05) is 0 Å². The van der Waals surface area contributed by atoms with Gasteiger partial charge in [0.25, 0.3) is 0 Å². The highest BCUT2D eigenvalue weighted by atomic mass is 16.3. The standard InChI is InChI=1S/C15H15NO3/c1-4-13(17-7-1)10-16(11-14-5-2-8-18-14)12-15-6-3-9-19-15/h1-9H,10-12H2. The van der Waals surface area contributed by atoms with Crippen molar-refractivity contribution in [2.45, 2.75) is 19.6 Å². The summed E-state index contributed by atoms with van der Waals surface area (Å²) in [7, 11) is 0. The summed E-state index contributed by atoms with van der Waals surface area (Å²) >= 11 is 0. The van der Waals surface area contributed by atoms with Crippen LogP contribution in [0.3, 0.4) is 0 Å². The lowest BCUT2D eigenvalue weighted by Gasteiger charge is -2.18. The maximum absolute atomic E-state index is 5.40. The Morgan fingerprint density at radius 3 is 1.26 bits per heavy atom. The van der Waals surface area contributed by atoms with Crippen molar-refractivity contribution in [1.29, 1.82) is 0 Å². The van der Waals surface area contributed by atoms with Gasteiger partial charge < -0.3 is 13.3 Å². The highest BCUT2D eigenvalue weighted by molar-refractivity contribution is 5.03. The van der Waals surface area contributed by atoms with Crippen LogP contribution in [0.25, 0.3) is 0 Å². The summed E-state index contributed by atoms with van der Waals surface area (Å²) in [6, 6.07) is 11.6. The van der Waals surface area contributed by atoms with Gasteiger partial charge >= 0.3 is 0 Å². The van der Waals surface area contributed by atoms with E-state index in [1.165, 1.54) is 0 Å². The van der Waals surface area contributed by atoms with Crippen molar-refractivity contribution < 1.29 is 13.3 Å².